The topological polar surface area (TPSA) is 62.8 Å². The highest BCUT2D eigenvalue weighted by atomic mass is 35.5. The molecule has 1 saturated heterocycles. The Labute approximate surface area is 127 Å². The van der Waals surface area contributed by atoms with Crippen molar-refractivity contribution < 1.29 is 14.3 Å². The molecule has 0 saturated carbocycles. The van der Waals surface area contributed by atoms with Crippen LogP contribution in [0.2, 0.25) is 0 Å². The van der Waals surface area contributed by atoms with Gasteiger partial charge < -0.3 is 25.0 Å². The highest BCUT2D eigenvalue weighted by Crippen LogP contribution is 1.92. The fourth-order valence-electron chi connectivity index (χ4n) is 1.59. The lowest BCUT2D eigenvalue weighted by Crippen LogP contribution is -2.52. The normalized spacial score (nSPS) is 18.4. The summed E-state index contributed by atoms with van der Waals surface area (Å²) in [6, 6.07) is -0.201. The molecule has 1 unspecified atom stereocenters. The van der Waals surface area contributed by atoms with Crippen LogP contribution in [-0.2, 0) is 14.3 Å². The van der Waals surface area contributed by atoms with E-state index in [1.54, 1.807) is 7.11 Å². The Kier molecular flexibility index (Phi) is 14.4. The molecule has 2 N–H and O–H groups in total. The number of hydrogen-bond donors (Lipinski definition) is 2. The highest BCUT2D eigenvalue weighted by molar-refractivity contribution is 5.85. The largest absolute Gasteiger partial charge is 0.383 e. The molecule has 1 fully saturated rings. The smallest absolute Gasteiger partial charge is 0.239 e. The van der Waals surface area contributed by atoms with Crippen molar-refractivity contribution in [2.45, 2.75) is 6.04 Å². The quantitative estimate of drug-likeness (QED) is 0.663. The molecule has 1 atom stereocenters. The summed E-state index contributed by atoms with van der Waals surface area (Å²) < 4.78 is 10.2. The van der Waals surface area contributed by atoms with E-state index in [9.17, 15) is 4.79 Å². The number of morpholine rings is 1. The predicted octanol–water partition coefficient (Wildman–Crippen LogP) is -0.487. The average molecular weight is 318 g/mol. The number of hydrogen-bond acceptors (Lipinski definition) is 5. The number of amides is 1. The predicted molar refractivity (Wildman–Crippen MR) is 79.5 cm³/mol. The zero-order chi connectivity index (χ0) is 12.5. The fraction of sp³-hybridized carbons (Fsp3) is 0.909. The van der Waals surface area contributed by atoms with Gasteiger partial charge in [0.25, 0.3) is 0 Å². The molecule has 8 heteroatoms. The number of methoxy groups -OCH3 is 1. The summed E-state index contributed by atoms with van der Waals surface area (Å²) in [6.45, 7) is 4.94. The minimum Gasteiger partial charge on any atom is -0.383 e. The summed E-state index contributed by atoms with van der Waals surface area (Å²) in [5, 5.41) is 6.02. The summed E-state index contributed by atoms with van der Waals surface area (Å²) in [4.78, 5) is 13.8. The third kappa shape index (κ3) is 9.43. The molecule has 116 valence electrons. The van der Waals surface area contributed by atoms with Crippen molar-refractivity contribution in [2.75, 3.05) is 60.2 Å². The van der Waals surface area contributed by atoms with Gasteiger partial charge in [0, 0.05) is 33.3 Å². The second kappa shape index (κ2) is 12.9. The van der Waals surface area contributed by atoms with Crippen LogP contribution in [0, 0.1) is 0 Å². The second-order valence-corrected chi connectivity index (χ2v) is 4.17. The number of nitrogens with one attached hydrogen (secondary N) is 2. The third-order valence-corrected chi connectivity index (χ3v) is 2.71. The van der Waals surface area contributed by atoms with Gasteiger partial charge in [-0.25, -0.2) is 0 Å². The Balaban J connectivity index is 0. The Bertz CT molecular complexity index is 229. The van der Waals surface area contributed by atoms with Crippen LogP contribution >= 0.6 is 24.8 Å². The number of ether oxygens (including phenoxy) is 2. The van der Waals surface area contributed by atoms with Crippen molar-refractivity contribution in [3.05, 3.63) is 0 Å². The number of nitrogens with zero attached hydrogens (tertiary/aromatic N) is 1. The van der Waals surface area contributed by atoms with Crippen molar-refractivity contribution in [3.63, 3.8) is 0 Å². The van der Waals surface area contributed by atoms with Gasteiger partial charge in [0.15, 0.2) is 0 Å². The molecule has 19 heavy (non-hydrogen) atoms. The van der Waals surface area contributed by atoms with Gasteiger partial charge >= 0.3 is 0 Å². The van der Waals surface area contributed by atoms with E-state index in [-0.39, 0.29) is 36.8 Å². The lowest BCUT2D eigenvalue weighted by Gasteiger charge is -2.23. The van der Waals surface area contributed by atoms with Crippen LogP contribution in [0.3, 0.4) is 0 Å². The summed E-state index contributed by atoms with van der Waals surface area (Å²) in [7, 11) is 3.69. The molecule has 0 bridgehead atoms. The van der Waals surface area contributed by atoms with E-state index in [1.165, 1.54) is 0 Å². The van der Waals surface area contributed by atoms with Crippen molar-refractivity contribution in [2.24, 2.45) is 0 Å². The lowest BCUT2D eigenvalue weighted by atomic mass is 10.2. The van der Waals surface area contributed by atoms with E-state index in [1.807, 2.05) is 7.05 Å². The third-order valence-electron chi connectivity index (χ3n) is 2.71. The number of carbonyl (C=O) groups is 1. The van der Waals surface area contributed by atoms with Gasteiger partial charge in [0.05, 0.1) is 19.8 Å². The summed E-state index contributed by atoms with van der Waals surface area (Å²) in [5.41, 5.74) is 0. The van der Waals surface area contributed by atoms with Gasteiger partial charge in [0.2, 0.25) is 5.91 Å². The van der Waals surface area contributed by atoms with Crippen LogP contribution in [0.15, 0.2) is 0 Å². The lowest BCUT2D eigenvalue weighted by molar-refractivity contribution is -0.125. The van der Waals surface area contributed by atoms with Crippen molar-refractivity contribution in [1.29, 1.82) is 0 Å². The molecule has 1 aliphatic rings. The van der Waals surface area contributed by atoms with E-state index in [4.69, 9.17) is 9.47 Å². The minimum atomic E-state index is -0.201. The molecular formula is C11H25Cl2N3O3. The molecule has 6 nitrogen and oxygen atoms in total. The maximum atomic E-state index is 11.7. The minimum absolute atomic E-state index is 0. The van der Waals surface area contributed by atoms with E-state index in [0.717, 1.165) is 19.6 Å². The molecule has 0 spiro atoms. The Hall–Kier alpha value is -0.110. The monoisotopic (exact) mass is 317 g/mol. The van der Waals surface area contributed by atoms with Crippen LogP contribution in [0.4, 0.5) is 0 Å². The maximum Gasteiger partial charge on any atom is 0.239 e. The second-order valence-electron chi connectivity index (χ2n) is 4.17. The van der Waals surface area contributed by atoms with Gasteiger partial charge in [-0.15, -0.1) is 24.8 Å². The van der Waals surface area contributed by atoms with E-state index in [0.29, 0.717) is 26.4 Å². The van der Waals surface area contributed by atoms with Crippen molar-refractivity contribution in [1.82, 2.24) is 15.5 Å². The molecule has 0 aromatic rings. The molecule has 0 radical (unpaired) electrons. The number of halogens is 2. The first-order chi connectivity index (χ1) is 8.24. The summed E-state index contributed by atoms with van der Waals surface area (Å²) in [6.07, 6.45) is 0. The Morgan fingerprint density at radius 1 is 1.47 bits per heavy atom. The SMILES string of the molecule is COCCN(C)CCNC(=O)C1COCCN1.Cl.Cl. The standard InChI is InChI=1S/C11H23N3O3.2ClH/c1-14(6-8-16-2)5-3-13-11(15)10-9-17-7-4-12-10;;/h10,12H,3-9H2,1-2H3,(H,13,15);2*1H. The highest BCUT2D eigenvalue weighted by Gasteiger charge is 2.20. The van der Waals surface area contributed by atoms with Gasteiger partial charge in [0.1, 0.15) is 6.04 Å². The molecule has 1 aliphatic heterocycles. The molecular weight excluding hydrogens is 293 g/mol. The van der Waals surface area contributed by atoms with Crippen molar-refractivity contribution >= 4 is 30.7 Å². The van der Waals surface area contributed by atoms with Crippen LogP contribution in [0.5, 0.6) is 0 Å². The molecule has 0 aromatic heterocycles. The van der Waals surface area contributed by atoms with Crippen molar-refractivity contribution in [3.8, 4) is 0 Å². The number of carbonyl (C=O) groups excluding carboxylic acids is 1. The average Bonchev–Trinajstić information content (AvgIpc) is 2.37. The maximum absolute atomic E-state index is 11.7. The van der Waals surface area contributed by atoms with E-state index < -0.39 is 0 Å². The fourth-order valence-corrected chi connectivity index (χ4v) is 1.59. The van der Waals surface area contributed by atoms with E-state index >= 15 is 0 Å². The number of rotatable bonds is 7. The summed E-state index contributed by atoms with van der Waals surface area (Å²) >= 11 is 0. The van der Waals surface area contributed by atoms with Crippen LogP contribution in [0.25, 0.3) is 0 Å². The van der Waals surface area contributed by atoms with Crippen LogP contribution in [0.1, 0.15) is 0 Å². The zero-order valence-electron chi connectivity index (χ0n) is 11.5. The molecule has 1 rings (SSSR count). The number of likely N-dealkylation sites (N-methyl/N-ethyl adjacent to an activating group) is 1. The van der Waals surface area contributed by atoms with Crippen LogP contribution in [-0.4, -0.2) is 77.0 Å². The zero-order valence-corrected chi connectivity index (χ0v) is 13.1. The molecule has 1 amide bonds. The van der Waals surface area contributed by atoms with Gasteiger partial charge in [-0.05, 0) is 7.05 Å². The molecule has 0 aromatic carbocycles. The van der Waals surface area contributed by atoms with E-state index in [2.05, 4.69) is 15.5 Å². The van der Waals surface area contributed by atoms with Gasteiger partial charge in [-0.2, -0.15) is 0 Å². The molecule has 1 heterocycles. The Morgan fingerprint density at radius 2 is 2.21 bits per heavy atom. The van der Waals surface area contributed by atoms with Gasteiger partial charge in [-0.3, -0.25) is 4.79 Å². The first kappa shape index (κ1) is 21.2. The first-order valence-electron chi connectivity index (χ1n) is 6.00. The Morgan fingerprint density at radius 3 is 2.79 bits per heavy atom. The summed E-state index contributed by atoms with van der Waals surface area (Å²) in [5.74, 6) is 0.0184. The van der Waals surface area contributed by atoms with Gasteiger partial charge in [-0.1, -0.05) is 0 Å². The molecule has 0 aliphatic carbocycles. The first-order valence-corrected chi connectivity index (χ1v) is 6.00. The van der Waals surface area contributed by atoms with Crippen LogP contribution < -0.4 is 10.6 Å².